The quantitative estimate of drug-likeness (QED) is 0.576. The van der Waals surface area contributed by atoms with E-state index in [1.807, 2.05) is 42.6 Å². The van der Waals surface area contributed by atoms with E-state index in [1.54, 1.807) is 0 Å². The largest absolute Gasteiger partial charge is 0.372 e. The van der Waals surface area contributed by atoms with Gasteiger partial charge in [0.15, 0.2) is 0 Å². The molecule has 0 saturated carbocycles. The fraction of sp³-hybridized carbons (Fsp3) is 0.238. The molecular weight excluding hydrogens is 324 g/mol. The Morgan fingerprint density at radius 1 is 0.962 bits per heavy atom. The second-order valence-corrected chi connectivity index (χ2v) is 6.91. The molecule has 2 aromatic heterocycles. The van der Waals surface area contributed by atoms with Gasteiger partial charge in [0.1, 0.15) is 5.82 Å². The first-order chi connectivity index (χ1) is 12.8. The number of H-pyrrole nitrogens is 2. The Balaban J connectivity index is 1.62. The minimum absolute atomic E-state index is 0.0888. The SMILES string of the molecule is O=c1[nH]c(-c2c[nH]c3ccccc23)nc2ccc(N3CCCCC3)cc12. The number of benzene rings is 2. The Kier molecular flexibility index (Phi) is 3.52. The van der Waals surface area contributed by atoms with Gasteiger partial charge in [-0.3, -0.25) is 4.79 Å². The summed E-state index contributed by atoms with van der Waals surface area (Å²) in [5, 5.41) is 1.71. The monoisotopic (exact) mass is 344 g/mol. The van der Waals surface area contributed by atoms with Crippen LogP contribution >= 0.6 is 0 Å². The zero-order valence-corrected chi connectivity index (χ0v) is 14.5. The Bertz CT molecular complexity index is 1150. The number of piperidine rings is 1. The van der Waals surface area contributed by atoms with Crippen molar-refractivity contribution in [1.29, 1.82) is 0 Å². The van der Waals surface area contributed by atoms with Crippen molar-refractivity contribution in [3.05, 3.63) is 59.0 Å². The maximum Gasteiger partial charge on any atom is 0.259 e. The van der Waals surface area contributed by atoms with Crippen LogP contribution in [0.25, 0.3) is 33.2 Å². The molecule has 0 aliphatic carbocycles. The van der Waals surface area contributed by atoms with Crippen LogP contribution in [0.2, 0.25) is 0 Å². The van der Waals surface area contributed by atoms with Gasteiger partial charge in [-0.2, -0.15) is 0 Å². The highest BCUT2D eigenvalue weighted by Crippen LogP contribution is 2.27. The Labute approximate surface area is 150 Å². The molecule has 0 radical (unpaired) electrons. The first kappa shape index (κ1) is 15.2. The predicted molar refractivity (Wildman–Crippen MR) is 106 cm³/mol. The van der Waals surface area contributed by atoms with E-state index in [4.69, 9.17) is 4.98 Å². The summed E-state index contributed by atoms with van der Waals surface area (Å²) in [5.41, 5.74) is 3.71. The molecule has 4 aromatic rings. The van der Waals surface area contributed by atoms with Crippen LogP contribution in [-0.4, -0.2) is 28.0 Å². The van der Waals surface area contributed by atoms with Crippen LogP contribution in [0, 0.1) is 0 Å². The molecule has 26 heavy (non-hydrogen) atoms. The van der Waals surface area contributed by atoms with Crippen molar-refractivity contribution in [3.8, 4) is 11.4 Å². The zero-order chi connectivity index (χ0) is 17.5. The van der Waals surface area contributed by atoms with E-state index < -0.39 is 0 Å². The van der Waals surface area contributed by atoms with Crippen LogP contribution in [0.4, 0.5) is 5.69 Å². The third-order valence-electron chi connectivity index (χ3n) is 5.25. The number of para-hydroxylation sites is 1. The van der Waals surface area contributed by atoms with Gasteiger partial charge in [-0.05, 0) is 43.5 Å². The fourth-order valence-electron chi connectivity index (χ4n) is 3.87. The summed E-state index contributed by atoms with van der Waals surface area (Å²) in [5.74, 6) is 0.602. The van der Waals surface area contributed by atoms with E-state index in [9.17, 15) is 4.79 Å². The molecular formula is C21H20N4O. The summed E-state index contributed by atoms with van der Waals surface area (Å²) in [6, 6.07) is 14.1. The third kappa shape index (κ3) is 2.47. The van der Waals surface area contributed by atoms with Gasteiger partial charge in [-0.15, -0.1) is 0 Å². The van der Waals surface area contributed by atoms with E-state index in [-0.39, 0.29) is 5.56 Å². The Morgan fingerprint density at radius 2 is 1.81 bits per heavy atom. The van der Waals surface area contributed by atoms with Crippen molar-refractivity contribution in [1.82, 2.24) is 15.0 Å². The van der Waals surface area contributed by atoms with Crippen LogP contribution in [0.1, 0.15) is 19.3 Å². The molecule has 1 aliphatic heterocycles. The number of fused-ring (bicyclic) bond motifs is 2. The first-order valence-electron chi connectivity index (χ1n) is 9.15. The minimum Gasteiger partial charge on any atom is -0.372 e. The first-order valence-corrected chi connectivity index (χ1v) is 9.15. The highest BCUT2D eigenvalue weighted by atomic mass is 16.1. The van der Waals surface area contributed by atoms with Crippen LogP contribution in [0.3, 0.4) is 0 Å². The number of aromatic amines is 2. The normalized spacial score (nSPS) is 15.0. The van der Waals surface area contributed by atoms with Gasteiger partial charge < -0.3 is 14.9 Å². The molecule has 5 heteroatoms. The van der Waals surface area contributed by atoms with Crippen LogP contribution in [0.5, 0.6) is 0 Å². The van der Waals surface area contributed by atoms with Gasteiger partial charge in [0.2, 0.25) is 0 Å². The topological polar surface area (TPSA) is 64.8 Å². The van der Waals surface area contributed by atoms with Gasteiger partial charge in [0.05, 0.1) is 10.9 Å². The summed E-state index contributed by atoms with van der Waals surface area (Å²) in [4.78, 5) is 26.0. The van der Waals surface area contributed by atoms with Crippen molar-refractivity contribution in [2.24, 2.45) is 0 Å². The van der Waals surface area contributed by atoms with E-state index in [2.05, 4.69) is 20.9 Å². The molecule has 2 aromatic carbocycles. The number of hydrogen-bond donors (Lipinski definition) is 2. The average Bonchev–Trinajstić information content (AvgIpc) is 3.12. The molecule has 130 valence electrons. The second-order valence-electron chi connectivity index (χ2n) is 6.91. The zero-order valence-electron chi connectivity index (χ0n) is 14.5. The van der Waals surface area contributed by atoms with Crippen molar-refractivity contribution < 1.29 is 0 Å². The van der Waals surface area contributed by atoms with Crippen LogP contribution in [0.15, 0.2) is 53.5 Å². The van der Waals surface area contributed by atoms with Gasteiger partial charge in [0.25, 0.3) is 5.56 Å². The van der Waals surface area contributed by atoms with Gasteiger partial charge in [-0.1, -0.05) is 18.2 Å². The molecule has 2 N–H and O–H groups in total. The molecule has 0 unspecified atom stereocenters. The van der Waals surface area contributed by atoms with Gasteiger partial charge >= 0.3 is 0 Å². The average molecular weight is 344 g/mol. The summed E-state index contributed by atoms with van der Waals surface area (Å²) >= 11 is 0. The van der Waals surface area contributed by atoms with Crippen molar-refractivity contribution >= 4 is 27.5 Å². The third-order valence-corrected chi connectivity index (χ3v) is 5.25. The molecule has 1 saturated heterocycles. The summed E-state index contributed by atoms with van der Waals surface area (Å²) < 4.78 is 0. The highest BCUT2D eigenvalue weighted by Gasteiger charge is 2.14. The molecule has 0 atom stereocenters. The molecule has 0 spiro atoms. The lowest BCUT2D eigenvalue weighted by molar-refractivity contribution is 0.578. The summed E-state index contributed by atoms with van der Waals surface area (Å²) in [6.45, 7) is 2.12. The van der Waals surface area contributed by atoms with Gasteiger partial charge in [-0.25, -0.2) is 4.98 Å². The number of nitrogens with one attached hydrogen (secondary N) is 2. The number of aromatic nitrogens is 3. The molecule has 0 amide bonds. The van der Waals surface area contributed by atoms with Crippen LogP contribution < -0.4 is 10.5 Å². The number of hydrogen-bond acceptors (Lipinski definition) is 3. The number of nitrogens with zero attached hydrogens (tertiary/aromatic N) is 2. The highest BCUT2D eigenvalue weighted by molar-refractivity contribution is 5.94. The van der Waals surface area contributed by atoms with Crippen LogP contribution in [-0.2, 0) is 0 Å². The van der Waals surface area contributed by atoms with Gasteiger partial charge in [0, 0.05) is 41.4 Å². The van der Waals surface area contributed by atoms with E-state index >= 15 is 0 Å². The molecule has 5 rings (SSSR count). The maximum atomic E-state index is 12.7. The maximum absolute atomic E-state index is 12.7. The lowest BCUT2D eigenvalue weighted by Gasteiger charge is -2.28. The molecule has 0 bridgehead atoms. The lowest BCUT2D eigenvalue weighted by atomic mass is 10.1. The fourth-order valence-corrected chi connectivity index (χ4v) is 3.87. The molecule has 3 heterocycles. The van der Waals surface area contributed by atoms with Crippen molar-refractivity contribution in [2.45, 2.75) is 19.3 Å². The lowest BCUT2D eigenvalue weighted by Crippen LogP contribution is -2.29. The molecule has 5 nitrogen and oxygen atoms in total. The van der Waals surface area contributed by atoms with E-state index in [1.165, 1.54) is 19.3 Å². The molecule has 1 aliphatic rings. The second kappa shape index (κ2) is 6.02. The Hall–Kier alpha value is -3.08. The van der Waals surface area contributed by atoms with Crippen molar-refractivity contribution in [2.75, 3.05) is 18.0 Å². The number of rotatable bonds is 2. The summed E-state index contributed by atoms with van der Waals surface area (Å²) in [6.07, 6.45) is 5.62. The number of anilines is 1. The van der Waals surface area contributed by atoms with Crippen molar-refractivity contribution in [3.63, 3.8) is 0 Å². The Morgan fingerprint density at radius 3 is 2.69 bits per heavy atom. The van der Waals surface area contributed by atoms with E-state index in [0.717, 1.165) is 40.8 Å². The van der Waals surface area contributed by atoms with E-state index in [0.29, 0.717) is 11.2 Å². The smallest absolute Gasteiger partial charge is 0.259 e. The summed E-state index contributed by atoms with van der Waals surface area (Å²) in [7, 11) is 0. The molecule has 1 fully saturated rings. The minimum atomic E-state index is -0.0888. The predicted octanol–water partition coefficient (Wildman–Crippen LogP) is 4.06. The standard InChI is InChI=1S/C21H20N4O/c26-21-16-12-14(25-10-4-1-5-11-25)8-9-19(16)23-20(24-21)17-13-22-18-7-3-2-6-15(17)18/h2-3,6-9,12-13,22H,1,4-5,10-11H2,(H,23,24,26).